The lowest BCUT2D eigenvalue weighted by Crippen LogP contribution is -2.23. The van der Waals surface area contributed by atoms with Gasteiger partial charge in [0.2, 0.25) is 0 Å². The standard InChI is InChI=1S/C10H15N3O3/c1-2-7(6-14)12-10-4-3-8(13(15)16)5-9(10)11/h3-5,7,12,14H,2,6,11H2,1H3/t7-/m0/s1. The maximum absolute atomic E-state index is 10.5. The van der Waals surface area contributed by atoms with Crippen molar-refractivity contribution in [2.24, 2.45) is 0 Å². The van der Waals surface area contributed by atoms with Crippen LogP contribution in [0, 0.1) is 10.1 Å². The SMILES string of the molecule is CC[C@@H](CO)Nc1ccc([N+](=O)[O-])cc1N. The van der Waals surface area contributed by atoms with Gasteiger partial charge in [-0.05, 0) is 12.5 Å². The molecule has 4 N–H and O–H groups in total. The Kier molecular flexibility index (Phi) is 4.07. The summed E-state index contributed by atoms with van der Waals surface area (Å²) < 4.78 is 0. The molecule has 0 amide bonds. The summed E-state index contributed by atoms with van der Waals surface area (Å²) in [5.74, 6) is 0. The first-order chi connectivity index (χ1) is 7.58. The highest BCUT2D eigenvalue weighted by molar-refractivity contribution is 5.69. The highest BCUT2D eigenvalue weighted by Crippen LogP contribution is 2.24. The predicted octanol–water partition coefficient (Wildman–Crippen LogP) is 1.36. The average molecular weight is 225 g/mol. The van der Waals surface area contributed by atoms with Gasteiger partial charge in [0.1, 0.15) is 0 Å². The fourth-order valence-electron chi connectivity index (χ4n) is 1.29. The highest BCUT2D eigenvalue weighted by atomic mass is 16.6. The third-order valence-corrected chi connectivity index (χ3v) is 2.32. The van der Waals surface area contributed by atoms with Crippen LogP contribution in [0.3, 0.4) is 0 Å². The lowest BCUT2D eigenvalue weighted by molar-refractivity contribution is -0.384. The number of nitrogens with two attached hydrogens (primary N) is 1. The minimum absolute atomic E-state index is 0.00702. The van der Waals surface area contributed by atoms with Crippen molar-refractivity contribution in [1.29, 1.82) is 0 Å². The third-order valence-electron chi connectivity index (χ3n) is 2.32. The van der Waals surface area contributed by atoms with Crippen LogP contribution in [-0.2, 0) is 0 Å². The van der Waals surface area contributed by atoms with Crippen LogP contribution < -0.4 is 11.1 Å². The van der Waals surface area contributed by atoms with Crippen LogP contribution in [0.2, 0.25) is 0 Å². The Morgan fingerprint density at radius 2 is 2.31 bits per heavy atom. The summed E-state index contributed by atoms with van der Waals surface area (Å²) in [5, 5.41) is 22.5. The summed E-state index contributed by atoms with van der Waals surface area (Å²) in [5.41, 5.74) is 6.54. The van der Waals surface area contributed by atoms with Gasteiger partial charge in [0.25, 0.3) is 5.69 Å². The summed E-state index contributed by atoms with van der Waals surface area (Å²) in [6.45, 7) is 1.92. The normalized spacial score (nSPS) is 12.1. The molecule has 6 nitrogen and oxygen atoms in total. The van der Waals surface area contributed by atoms with Crippen molar-refractivity contribution < 1.29 is 10.0 Å². The molecule has 0 aliphatic rings. The number of non-ortho nitro benzene ring substituents is 1. The Morgan fingerprint density at radius 1 is 1.62 bits per heavy atom. The van der Waals surface area contributed by atoms with Gasteiger partial charge in [-0.3, -0.25) is 10.1 Å². The van der Waals surface area contributed by atoms with Crippen molar-refractivity contribution in [2.45, 2.75) is 19.4 Å². The number of nitrogen functional groups attached to an aromatic ring is 1. The molecular formula is C10H15N3O3. The van der Waals surface area contributed by atoms with Crippen LogP contribution in [0.4, 0.5) is 17.1 Å². The molecule has 0 fully saturated rings. The van der Waals surface area contributed by atoms with Gasteiger partial charge in [0, 0.05) is 18.2 Å². The maximum Gasteiger partial charge on any atom is 0.271 e. The molecule has 0 aliphatic carbocycles. The molecule has 0 radical (unpaired) electrons. The van der Waals surface area contributed by atoms with Crippen LogP contribution >= 0.6 is 0 Å². The topological polar surface area (TPSA) is 101 Å². The van der Waals surface area contributed by atoms with E-state index >= 15 is 0 Å². The number of nitrogens with one attached hydrogen (secondary N) is 1. The molecule has 1 aromatic carbocycles. The summed E-state index contributed by atoms with van der Waals surface area (Å²) in [6, 6.07) is 4.13. The van der Waals surface area contributed by atoms with E-state index in [-0.39, 0.29) is 18.3 Å². The van der Waals surface area contributed by atoms with E-state index in [9.17, 15) is 10.1 Å². The number of nitro groups is 1. The van der Waals surface area contributed by atoms with Gasteiger partial charge in [-0.25, -0.2) is 0 Å². The van der Waals surface area contributed by atoms with Crippen molar-refractivity contribution in [1.82, 2.24) is 0 Å². The summed E-state index contributed by atoms with van der Waals surface area (Å²) in [4.78, 5) is 9.99. The van der Waals surface area contributed by atoms with Crippen molar-refractivity contribution in [2.75, 3.05) is 17.7 Å². The third kappa shape index (κ3) is 2.83. The second kappa shape index (κ2) is 5.32. The van der Waals surface area contributed by atoms with E-state index in [0.29, 0.717) is 11.4 Å². The summed E-state index contributed by atoms with van der Waals surface area (Å²) in [7, 11) is 0. The first kappa shape index (κ1) is 12.3. The Labute approximate surface area is 93.2 Å². The van der Waals surface area contributed by atoms with E-state index in [1.165, 1.54) is 12.1 Å². The first-order valence-corrected chi connectivity index (χ1v) is 4.99. The van der Waals surface area contributed by atoms with Gasteiger partial charge in [-0.2, -0.15) is 0 Å². The number of nitro benzene ring substituents is 1. The van der Waals surface area contributed by atoms with E-state index < -0.39 is 4.92 Å². The van der Waals surface area contributed by atoms with Gasteiger partial charge < -0.3 is 16.2 Å². The smallest absolute Gasteiger partial charge is 0.271 e. The van der Waals surface area contributed by atoms with Crippen molar-refractivity contribution in [3.63, 3.8) is 0 Å². The van der Waals surface area contributed by atoms with Crippen molar-refractivity contribution in [3.05, 3.63) is 28.3 Å². The first-order valence-electron chi connectivity index (χ1n) is 4.99. The van der Waals surface area contributed by atoms with E-state index in [4.69, 9.17) is 10.8 Å². The largest absolute Gasteiger partial charge is 0.397 e. The molecule has 0 bridgehead atoms. The van der Waals surface area contributed by atoms with Gasteiger partial charge in [0.05, 0.1) is 22.9 Å². The predicted molar refractivity (Wildman–Crippen MR) is 62.3 cm³/mol. The van der Waals surface area contributed by atoms with Gasteiger partial charge in [-0.15, -0.1) is 0 Å². The minimum Gasteiger partial charge on any atom is -0.397 e. The Bertz CT molecular complexity index is 378. The number of aliphatic hydroxyl groups excluding tert-OH is 1. The van der Waals surface area contributed by atoms with Crippen LogP contribution in [0.15, 0.2) is 18.2 Å². The van der Waals surface area contributed by atoms with E-state index in [0.717, 1.165) is 6.42 Å². The van der Waals surface area contributed by atoms with Gasteiger partial charge in [-0.1, -0.05) is 6.92 Å². The number of nitrogens with zero attached hydrogens (tertiary/aromatic N) is 1. The summed E-state index contributed by atoms with van der Waals surface area (Å²) >= 11 is 0. The van der Waals surface area contributed by atoms with Crippen molar-refractivity contribution >= 4 is 17.1 Å². The lowest BCUT2D eigenvalue weighted by Gasteiger charge is -2.16. The molecule has 0 aliphatic heterocycles. The summed E-state index contributed by atoms with van der Waals surface area (Å²) in [6.07, 6.45) is 0.743. The van der Waals surface area contributed by atoms with E-state index in [1.807, 2.05) is 6.92 Å². The Hall–Kier alpha value is -1.82. The molecule has 0 unspecified atom stereocenters. The molecular weight excluding hydrogens is 210 g/mol. The zero-order valence-electron chi connectivity index (χ0n) is 9.01. The fraction of sp³-hybridized carbons (Fsp3) is 0.400. The van der Waals surface area contributed by atoms with Crippen molar-refractivity contribution in [3.8, 4) is 0 Å². The molecule has 0 spiro atoms. The molecule has 1 rings (SSSR count). The molecule has 16 heavy (non-hydrogen) atoms. The maximum atomic E-state index is 10.5. The van der Waals surface area contributed by atoms with Gasteiger partial charge >= 0.3 is 0 Å². The zero-order chi connectivity index (χ0) is 12.1. The van der Waals surface area contributed by atoms with E-state index in [1.54, 1.807) is 6.07 Å². The lowest BCUT2D eigenvalue weighted by atomic mass is 10.2. The molecule has 88 valence electrons. The number of benzene rings is 1. The molecule has 0 saturated heterocycles. The quantitative estimate of drug-likeness (QED) is 0.399. The Balaban J connectivity index is 2.86. The minimum atomic E-state index is -0.497. The van der Waals surface area contributed by atoms with Crippen LogP contribution in [0.25, 0.3) is 0 Å². The zero-order valence-corrected chi connectivity index (χ0v) is 9.01. The number of aliphatic hydroxyl groups is 1. The molecule has 1 atom stereocenters. The van der Waals surface area contributed by atoms with Crippen LogP contribution in [-0.4, -0.2) is 22.7 Å². The molecule has 0 aromatic heterocycles. The molecule has 1 aromatic rings. The van der Waals surface area contributed by atoms with Gasteiger partial charge in [0.15, 0.2) is 0 Å². The molecule has 0 saturated carbocycles. The van der Waals surface area contributed by atoms with Crippen LogP contribution in [0.5, 0.6) is 0 Å². The van der Waals surface area contributed by atoms with E-state index in [2.05, 4.69) is 5.32 Å². The highest BCUT2D eigenvalue weighted by Gasteiger charge is 2.11. The number of anilines is 2. The Morgan fingerprint density at radius 3 is 2.75 bits per heavy atom. The molecule has 6 heteroatoms. The fourth-order valence-corrected chi connectivity index (χ4v) is 1.29. The second-order valence-corrected chi connectivity index (χ2v) is 3.46. The second-order valence-electron chi connectivity index (χ2n) is 3.46. The number of hydrogen-bond acceptors (Lipinski definition) is 5. The number of hydrogen-bond donors (Lipinski definition) is 3. The number of rotatable bonds is 5. The molecule has 0 heterocycles. The monoisotopic (exact) mass is 225 g/mol. The average Bonchev–Trinajstić information content (AvgIpc) is 2.27. The van der Waals surface area contributed by atoms with Crippen LogP contribution in [0.1, 0.15) is 13.3 Å².